The normalized spacial score (nSPS) is 10.8. The molecule has 0 saturated carbocycles. The Hall–Kier alpha value is -0.910. The van der Waals surface area contributed by atoms with Crippen molar-refractivity contribution in [3.8, 4) is 0 Å². The fraction of sp³-hybridized carbons (Fsp3) is 0.333. The molecule has 4 nitrogen and oxygen atoms in total. The number of benzene rings is 1. The Morgan fingerprint density at radius 2 is 2.28 bits per heavy atom. The van der Waals surface area contributed by atoms with Gasteiger partial charge in [-0.3, -0.25) is 4.68 Å². The minimum atomic E-state index is 0.751. The van der Waals surface area contributed by atoms with Crippen molar-refractivity contribution in [1.82, 2.24) is 20.1 Å². The lowest BCUT2D eigenvalue weighted by molar-refractivity contribution is 0.660. The molecule has 6 heteroatoms. The highest BCUT2D eigenvalue weighted by Crippen LogP contribution is 2.20. The van der Waals surface area contributed by atoms with Crippen molar-refractivity contribution in [3.05, 3.63) is 45.4 Å². The van der Waals surface area contributed by atoms with E-state index in [-0.39, 0.29) is 0 Å². The molecule has 1 aromatic heterocycles. The summed E-state index contributed by atoms with van der Waals surface area (Å²) in [6.45, 7) is 1.61. The Morgan fingerprint density at radius 3 is 3.00 bits per heavy atom. The van der Waals surface area contributed by atoms with Crippen LogP contribution in [0.4, 0.5) is 0 Å². The molecule has 0 amide bonds. The Bertz CT molecular complexity index is 527. The third-order valence-corrected chi connectivity index (χ3v) is 3.50. The van der Waals surface area contributed by atoms with Crippen LogP contribution >= 0.6 is 27.5 Å². The molecule has 1 heterocycles. The van der Waals surface area contributed by atoms with Crippen LogP contribution in [0.15, 0.2) is 29.0 Å². The van der Waals surface area contributed by atoms with Crippen molar-refractivity contribution in [2.45, 2.75) is 13.0 Å². The number of hydrogen-bond acceptors (Lipinski definition) is 3. The lowest BCUT2D eigenvalue weighted by Crippen LogP contribution is -2.17. The van der Waals surface area contributed by atoms with Gasteiger partial charge in [-0.05, 0) is 23.8 Å². The van der Waals surface area contributed by atoms with E-state index in [1.54, 1.807) is 11.0 Å². The molecular formula is C12H14BrClN4. The zero-order valence-electron chi connectivity index (χ0n) is 10.0. The van der Waals surface area contributed by atoms with Crippen molar-refractivity contribution in [3.63, 3.8) is 0 Å². The summed E-state index contributed by atoms with van der Waals surface area (Å²) in [5.74, 6) is 0.857. The van der Waals surface area contributed by atoms with Gasteiger partial charge in [-0.15, -0.1) is 0 Å². The number of nitrogens with zero attached hydrogens (tertiary/aromatic N) is 3. The summed E-state index contributed by atoms with van der Waals surface area (Å²) in [4.78, 5) is 4.17. The van der Waals surface area contributed by atoms with Gasteiger partial charge >= 0.3 is 0 Å². The standard InChI is InChI=1S/C12H14BrClN4/c1-18-8-16-12(17-18)4-5-15-7-9-6-10(14)2-3-11(9)13/h2-3,6,8,15H,4-5,7H2,1H3. The van der Waals surface area contributed by atoms with Crippen molar-refractivity contribution in [2.75, 3.05) is 6.54 Å². The number of aryl methyl sites for hydroxylation is 1. The molecule has 1 N–H and O–H groups in total. The van der Waals surface area contributed by atoms with Gasteiger partial charge in [0.05, 0.1) is 0 Å². The first-order chi connectivity index (χ1) is 8.65. The van der Waals surface area contributed by atoms with Crippen molar-refractivity contribution in [2.24, 2.45) is 7.05 Å². The molecule has 0 fully saturated rings. The number of halogens is 2. The van der Waals surface area contributed by atoms with Crippen LogP contribution < -0.4 is 5.32 Å². The maximum absolute atomic E-state index is 5.96. The van der Waals surface area contributed by atoms with E-state index >= 15 is 0 Å². The first-order valence-corrected chi connectivity index (χ1v) is 6.81. The Kier molecular flexibility index (Phi) is 4.74. The fourth-order valence-corrected chi connectivity index (χ4v) is 2.18. The number of aromatic nitrogens is 3. The average molecular weight is 330 g/mol. The zero-order valence-corrected chi connectivity index (χ0v) is 12.4. The minimum Gasteiger partial charge on any atom is -0.312 e. The fourth-order valence-electron chi connectivity index (χ4n) is 1.60. The van der Waals surface area contributed by atoms with E-state index in [4.69, 9.17) is 11.6 Å². The lowest BCUT2D eigenvalue weighted by Gasteiger charge is -2.06. The van der Waals surface area contributed by atoms with Gasteiger partial charge in [0.1, 0.15) is 6.33 Å². The van der Waals surface area contributed by atoms with Crippen molar-refractivity contribution < 1.29 is 0 Å². The van der Waals surface area contributed by atoms with E-state index in [0.29, 0.717) is 0 Å². The van der Waals surface area contributed by atoms with Crippen LogP contribution in [-0.4, -0.2) is 21.3 Å². The van der Waals surface area contributed by atoms with Crippen LogP contribution in [0.5, 0.6) is 0 Å². The van der Waals surface area contributed by atoms with Crippen molar-refractivity contribution >= 4 is 27.5 Å². The molecule has 1 aromatic carbocycles. The molecule has 0 spiro atoms. The summed E-state index contributed by atoms with van der Waals surface area (Å²) < 4.78 is 2.78. The van der Waals surface area contributed by atoms with Crippen LogP contribution in [0.1, 0.15) is 11.4 Å². The maximum atomic E-state index is 5.96. The highest BCUT2D eigenvalue weighted by atomic mass is 79.9. The summed E-state index contributed by atoms with van der Waals surface area (Å²) in [5.41, 5.74) is 1.15. The van der Waals surface area contributed by atoms with Gasteiger partial charge in [-0.25, -0.2) is 4.98 Å². The first kappa shape index (κ1) is 13.5. The molecule has 96 valence electrons. The second-order valence-corrected chi connectivity index (χ2v) is 5.29. The highest BCUT2D eigenvalue weighted by molar-refractivity contribution is 9.10. The predicted octanol–water partition coefficient (Wildman–Crippen LogP) is 2.56. The molecule has 18 heavy (non-hydrogen) atoms. The number of rotatable bonds is 5. The smallest absolute Gasteiger partial charge is 0.151 e. The van der Waals surface area contributed by atoms with Crippen LogP contribution in [0, 0.1) is 0 Å². The third kappa shape index (κ3) is 3.80. The van der Waals surface area contributed by atoms with Gasteiger partial charge in [0.2, 0.25) is 0 Å². The van der Waals surface area contributed by atoms with Gasteiger partial charge in [0, 0.05) is 36.1 Å². The summed E-state index contributed by atoms with van der Waals surface area (Å²) >= 11 is 9.46. The second kappa shape index (κ2) is 6.31. The molecule has 0 aliphatic carbocycles. The third-order valence-electron chi connectivity index (χ3n) is 2.50. The van der Waals surface area contributed by atoms with Gasteiger partial charge < -0.3 is 5.32 Å². The Labute approximate surface area is 119 Å². The van der Waals surface area contributed by atoms with Crippen LogP contribution in [0.2, 0.25) is 5.02 Å². The minimum absolute atomic E-state index is 0.751. The molecule has 0 aliphatic rings. The van der Waals surface area contributed by atoms with Gasteiger partial charge in [-0.1, -0.05) is 27.5 Å². The largest absolute Gasteiger partial charge is 0.312 e. The monoisotopic (exact) mass is 328 g/mol. The molecule has 0 radical (unpaired) electrons. The lowest BCUT2D eigenvalue weighted by atomic mass is 10.2. The number of hydrogen-bond donors (Lipinski definition) is 1. The van der Waals surface area contributed by atoms with Crippen LogP contribution in [-0.2, 0) is 20.0 Å². The number of nitrogens with one attached hydrogen (secondary N) is 1. The van der Waals surface area contributed by atoms with Crippen LogP contribution in [0.25, 0.3) is 0 Å². The Morgan fingerprint density at radius 1 is 1.44 bits per heavy atom. The molecule has 2 aromatic rings. The molecule has 0 bridgehead atoms. The van der Waals surface area contributed by atoms with Gasteiger partial charge in [-0.2, -0.15) is 5.10 Å². The van der Waals surface area contributed by atoms with Gasteiger partial charge in [0.25, 0.3) is 0 Å². The summed E-state index contributed by atoms with van der Waals surface area (Å²) in [5, 5.41) is 8.32. The van der Waals surface area contributed by atoms with E-state index in [2.05, 4.69) is 31.3 Å². The van der Waals surface area contributed by atoms with E-state index in [9.17, 15) is 0 Å². The molecule has 2 rings (SSSR count). The summed E-state index contributed by atoms with van der Waals surface area (Å²) in [6.07, 6.45) is 2.53. The summed E-state index contributed by atoms with van der Waals surface area (Å²) in [7, 11) is 1.87. The first-order valence-electron chi connectivity index (χ1n) is 5.64. The van der Waals surface area contributed by atoms with E-state index in [1.807, 2.05) is 25.2 Å². The van der Waals surface area contributed by atoms with E-state index in [0.717, 1.165) is 40.4 Å². The van der Waals surface area contributed by atoms with Crippen molar-refractivity contribution in [1.29, 1.82) is 0 Å². The molecule has 0 aliphatic heterocycles. The zero-order chi connectivity index (χ0) is 13.0. The topological polar surface area (TPSA) is 42.7 Å². The van der Waals surface area contributed by atoms with E-state index < -0.39 is 0 Å². The molecule has 0 saturated heterocycles. The second-order valence-electron chi connectivity index (χ2n) is 4.00. The average Bonchev–Trinajstić information content (AvgIpc) is 2.75. The molecule has 0 unspecified atom stereocenters. The predicted molar refractivity (Wildman–Crippen MR) is 75.6 cm³/mol. The quantitative estimate of drug-likeness (QED) is 0.857. The SMILES string of the molecule is Cn1cnc(CCNCc2cc(Cl)ccc2Br)n1. The maximum Gasteiger partial charge on any atom is 0.151 e. The van der Waals surface area contributed by atoms with E-state index in [1.165, 1.54) is 0 Å². The molecular weight excluding hydrogens is 316 g/mol. The van der Waals surface area contributed by atoms with Crippen LogP contribution in [0.3, 0.4) is 0 Å². The highest BCUT2D eigenvalue weighted by Gasteiger charge is 2.02. The molecule has 0 atom stereocenters. The summed E-state index contributed by atoms with van der Waals surface area (Å²) in [6, 6.07) is 5.78. The van der Waals surface area contributed by atoms with Gasteiger partial charge in [0.15, 0.2) is 5.82 Å². The Balaban J connectivity index is 1.80.